The van der Waals surface area contributed by atoms with Crippen molar-refractivity contribution in [3.8, 4) is 0 Å². The van der Waals surface area contributed by atoms with Crippen molar-refractivity contribution in [3.63, 3.8) is 0 Å². The summed E-state index contributed by atoms with van der Waals surface area (Å²) in [6.07, 6.45) is 2.61. The molecule has 1 aliphatic carbocycles. The van der Waals surface area contributed by atoms with Gasteiger partial charge in [-0.15, -0.1) is 0 Å². The summed E-state index contributed by atoms with van der Waals surface area (Å²) in [6, 6.07) is 7.46. The molecule has 2 rings (SSSR count). The lowest BCUT2D eigenvalue weighted by molar-refractivity contribution is -0.0188. The van der Waals surface area contributed by atoms with E-state index in [0.29, 0.717) is 0 Å². The third kappa shape index (κ3) is 4.60. The molecule has 1 N–H and O–H groups in total. The van der Waals surface area contributed by atoms with Gasteiger partial charge in [-0.05, 0) is 17.2 Å². The maximum Gasteiger partial charge on any atom is 0.324 e. The molecule has 0 heterocycles. The van der Waals surface area contributed by atoms with Gasteiger partial charge in [0.25, 0.3) is 0 Å². The van der Waals surface area contributed by atoms with Crippen LogP contribution in [0.25, 0.3) is 11.6 Å². The number of rotatable bonds is 0. The zero-order valence-corrected chi connectivity index (χ0v) is 11.2. The number of aliphatic hydroxyl groups is 1. The van der Waals surface area contributed by atoms with E-state index in [2.05, 4.69) is 26.2 Å². The van der Waals surface area contributed by atoms with Gasteiger partial charge in [0.1, 0.15) is 0 Å². The minimum absolute atomic E-state index is 0.277. The maximum atomic E-state index is 9.68. The molecule has 96 valence electrons. The summed E-state index contributed by atoms with van der Waals surface area (Å²) in [5.74, 6) is 0. The van der Waals surface area contributed by atoms with Crippen molar-refractivity contribution in [1.29, 1.82) is 0 Å². The molecule has 1 aromatic rings. The molecule has 0 amide bonds. The minimum Gasteiger partial charge on any atom is -0.376 e. The number of aliphatic hydroxyl groups excluding tert-OH is 1. The number of hydrogen-bond donors (Lipinski definition) is 1. The molecule has 0 aliphatic heterocycles. The van der Waals surface area contributed by atoms with Gasteiger partial charge < -0.3 is 10.6 Å². The second-order valence-corrected chi connectivity index (χ2v) is 6.94. The van der Waals surface area contributed by atoms with Crippen molar-refractivity contribution in [1.82, 2.24) is 0 Å². The topological polar surface area (TPSA) is 90.8 Å². The van der Waals surface area contributed by atoms with Gasteiger partial charge in [0.2, 0.25) is 0 Å². The highest BCUT2D eigenvalue weighted by atomic mass is 36.0. The zero-order chi connectivity index (χ0) is 13.8. The molecule has 0 spiro atoms. The smallest absolute Gasteiger partial charge is 0.324 e. The van der Waals surface area contributed by atoms with Gasteiger partial charge in [0.15, 0.2) is 6.10 Å². The van der Waals surface area contributed by atoms with E-state index in [1.165, 1.54) is 0 Å². The molecule has 1 atom stereocenters. The number of nitrogens with zero attached hydrogens (tertiary/aromatic N) is 2. The molecular weight excluding hydrogens is 299 g/mol. The maximum absolute atomic E-state index is 9.68. The van der Waals surface area contributed by atoms with Crippen LogP contribution in [0.2, 0.25) is 0 Å². The van der Waals surface area contributed by atoms with Crippen LogP contribution in [0, 0.1) is 0 Å². The van der Waals surface area contributed by atoms with Crippen molar-refractivity contribution >= 4 is 41.4 Å². The third-order valence-electron chi connectivity index (χ3n) is 2.12. The first kappa shape index (κ1) is 14.9. The lowest BCUT2D eigenvalue weighted by atomic mass is 9.94. The normalized spacial score (nSPS) is 17.3. The van der Waals surface area contributed by atoms with Crippen LogP contribution in [0.5, 0.6) is 0 Å². The number of fused-ring (bicyclic) bond motifs is 1. The summed E-state index contributed by atoms with van der Waals surface area (Å²) in [5.41, 5.74) is 10.6. The first-order valence-electron chi connectivity index (χ1n) is 4.64. The molecule has 0 radical (unpaired) electrons. The SMILES string of the molecule is O=S(=O)(Cl)Cl.[N-]=[N+]=C1C=Cc2ccccc2C1O. The van der Waals surface area contributed by atoms with E-state index in [-0.39, 0.29) is 5.71 Å². The summed E-state index contributed by atoms with van der Waals surface area (Å²) in [4.78, 5) is 3.01. The Labute approximate surface area is 113 Å². The molecule has 0 fully saturated rings. The van der Waals surface area contributed by atoms with Gasteiger partial charge >= 0.3 is 14.0 Å². The molecule has 0 saturated carbocycles. The standard InChI is InChI=1S/C10H8N2O.Cl2O2S/c11-12-9-6-5-7-3-1-2-4-8(7)10(9)13;1-5(2,3)4/h1-6,10,13H;. The van der Waals surface area contributed by atoms with Gasteiger partial charge in [-0.3, -0.25) is 0 Å². The van der Waals surface area contributed by atoms with Gasteiger partial charge in [0.05, 0.1) is 0 Å². The van der Waals surface area contributed by atoms with Crippen molar-refractivity contribution in [2.45, 2.75) is 6.10 Å². The second kappa shape index (κ2) is 6.13. The molecule has 1 aliphatic rings. The quantitative estimate of drug-likeness (QED) is 0.452. The van der Waals surface area contributed by atoms with Crippen LogP contribution < -0.4 is 0 Å². The highest BCUT2D eigenvalue weighted by Gasteiger charge is 2.25. The average Bonchev–Trinajstić information content (AvgIpc) is 2.28. The molecule has 0 bridgehead atoms. The van der Waals surface area contributed by atoms with Crippen LogP contribution >= 0.6 is 21.4 Å². The predicted molar refractivity (Wildman–Crippen MR) is 69.7 cm³/mol. The molecule has 1 unspecified atom stereocenters. The number of benzene rings is 1. The van der Waals surface area contributed by atoms with E-state index >= 15 is 0 Å². The summed E-state index contributed by atoms with van der Waals surface area (Å²) in [5, 5.41) is 9.68. The fraction of sp³-hybridized carbons (Fsp3) is 0.100. The van der Waals surface area contributed by atoms with Crippen LogP contribution in [-0.4, -0.2) is 24.0 Å². The van der Waals surface area contributed by atoms with E-state index in [0.717, 1.165) is 11.1 Å². The largest absolute Gasteiger partial charge is 0.376 e. The van der Waals surface area contributed by atoms with Crippen LogP contribution in [0.15, 0.2) is 30.3 Å². The van der Waals surface area contributed by atoms with Crippen LogP contribution in [-0.2, 0) is 8.26 Å². The molecule has 18 heavy (non-hydrogen) atoms. The minimum atomic E-state index is -3.72. The molecule has 5 nitrogen and oxygen atoms in total. The van der Waals surface area contributed by atoms with Crippen LogP contribution in [0.1, 0.15) is 17.2 Å². The van der Waals surface area contributed by atoms with E-state index in [9.17, 15) is 5.11 Å². The molecule has 0 saturated heterocycles. The molecule has 0 aromatic heterocycles. The zero-order valence-electron chi connectivity index (χ0n) is 8.86. The lowest BCUT2D eigenvalue weighted by Gasteiger charge is -2.12. The Morgan fingerprint density at radius 2 is 1.78 bits per heavy atom. The predicted octanol–water partition coefficient (Wildman–Crippen LogP) is 2.13. The highest BCUT2D eigenvalue weighted by Crippen LogP contribution is 2.24. The summed E-state index contributed by atoms with van der Waals surface area (Å²) in [7, 11) is 4.81. The fourth-order valence-electron chi connectivity index (χ4n) is 1.43. The Balaban J connectivity index is 0.000000280. The van der Waals surface area contributed by atoms with Crippen LogP contribution in [0.4, 0.5) is 0 Å². The van der Waals surface area contributed by atoms with E-state index in [4.69, 9.17) is 13.9 Å². The van der Waals surface area contributed by atoms with E-state index in [1.807, 2.05) is 30.3 Å². The first-order chi connectivity index (χ1) is 8.33. The second-order valence-electron chi connectivity index (χ2n) is 3.27. The van der Waals surface area contributed by atoms with E-state index < -0.39 is 14.4 Å². The summed E-state index contributed by atoms with van der Waals surface area (Å²) in [6.45, 7) is 0. The van der Waals surface area contributed by atoms with E-state index in [1.54, 1.807) is 6.08 Å². The Kier molecular flexibility index (Phi) is 5.07. The van der Waals surface area contributed by atoms with Crippen LogP contribution in [0.3, 0.4) is 0 Å². The van der Waals surface area contributed by atoms with Crippen molar-refractivity contribution in [3.05, 3.63) is 47.0 Å². The Morgan fingerprint density at radius 1 is 1.22 bits per heavy atom. The third-order valence-corrected chi connectivity index (χ3v) is 2.12. The summed E-state index contributed by atoms with van der Waals surface area (Å²) >= 11 is 0. The van der Waals surface area contributed by atoms with Gasteiger partial charge in [-0.25, -0.2) is 0 Å². The molecule has 1 aromatic carbocycles. The lowest BCUT2D eigenvalue weighted by Crippen LogP contribution is -2.14. The Hall–Kier alpha value is -1.17. The Bertz CT molecular complexity index is 614. The highest BCUT2D eigenvalue weighted by molar-refractivity contribution is 8.31. The van der Waals surface area contributed by atoms with Gasteiger partial charge in [0, 0.05) is 27.4 Å². The fourth-order valence-corrected chi connectivity index (χ4v) is 1.43. The van der Waals surface area contributed by atoms with Gasteiger partial charge in [-0.1, -0.05) is 24.3 Å². The first-order valence-corrected chi connectivity index (χ1v) is 7.77. The average molecular weight is 307 g/mol. The number of halogens is 2. The van der Waals surface area contributed by atoms with Crippen molar-refractivity contribution < 1.29 is 18.3 Å². The molecule has 8 heteroatoms. The summed E-state index contributed by atoms with van der Waals surface area (Å²) < 4.78 is 18.3. The molecular formula is C10H8Cl2N2O3S. The van der Waals surface area contributed by atoms with Gasteiger partial charge in [-0.2, -0.15) is 13.2 Å². The van der Waals surface area contributed by atoms with Crippen molar-refractivity contribution in [2.24, 2.45) is 0 Å². The monoisotopic (exact) mass is 306 g/mol. The Morgan fingerprint density at radius 3 is 2.33 bits per heavy atom. The number of hydrogen-bond acceptors (Lipinski definition) is 3. The van der Waals surface area contributed by atoms with Crippen molar-refractivity contribution in [2.75, 3.05) is 0 Å².